The molecular formula is C16H16Cl3NO. The molecule has 112 valence electrons. The highest BCUT2D eigenvalue weighted by Gasteiger charge is 2.11. The summed E-state index contributed by atoms with van der Waals surface area (Å²) in [5.41, 5.74) is 1.10. The van der Waals surface area contributed by atoms with Gasteiger partial charge in [-0.3, -0.25) is 0 Å². The lowest BCUT2D eigenvalue weighted by molar-refractivity contribution is 0.482. The zero-order chi connectivity index (χ0) is 15.4. The molecule has 5 heteroatoms. The predicted molar refractivity (Wildman–Crippen MR) is 90.1 cm³/mol. The molecule has 0 spiro atoms. The molecule has 2 rings (SSSR count). The topological polar surface area (TPSA) is 21.3 Å². The Hall–Kier alpha value is -0.930. The van der Waals surface area contributed by atoms with Crippen LogP contribution in [0.15, 0.2) is 36.4 Å². The molecule has 0 heterocycles. The summed E-state index contributed by atoms with van der Waals surface area (Å²) in [6, 6.07) is 11.2. The fraction of sp³-hybridized carbons (Fsp3) is 0.250. The molecule has 1 N–H and O–H groups in total. The Morgan fingerprint density at radius 2 is 1.81 bits per heavy atom. The van der Waals surface area contributed by atoms with E-state index in [9.17, 15) is 0 Å². The fourth-order valence-corrected chi connectivity index (χ4v) is 2.53. The number of ether oxygens (including phenoxy) is 1. The van der Waals surface area contributed by atoms with Crippen molar-refractivity contribution in [2.24, 2.45) is 0 Å². The van der Waals surface area contributed by atoms with E-state index < -0.39 is 0 Å². The molecule has 0 amide bonds. The first-order valence-corrected chi connectivity index (χ1v) is 7.81. The van der Waals surface area contributed by atoms with E-state index in [4.69, 9.17) is 39.5 Å². The van der Waals surface area contributed by atoms with Crippen LogP contribution >= 0.6 is 34.8 Å². The van der Waals surface area contributed by atoms with Crippen LogP contribution in [0.4, 0.5) is 0 Å². The van der Waals surface area contributed by atoms with Gasteiger partial charge in [0.05, 0.1) is 10.0 Å². The third kappa shape index (κ3) is 4.04. The minimum atomic E-state index is 0.233. The number of nitrogens with one attached hydrogen (secondary N) is 1. The van der Waals surface area contributed by atoms with E-state index in [1.165, 1.54) is 0 Å². The Kier molecular flexibility index (Phi) is 5.77. The minimum Gasteiger partial charge on any atom is -0.454 e. The first kappa shape index (κ1) is 16.4. The quantitative estimate of drug-likeness (QED) is 0.706. The normalized spacial score (nSPS) is 12.2. The van der Waals surface area contributed by atoms with Gasteiger partial charge in [-0.2, -0.15) is 0 Å². The van der Waals surface area contributed by atoms with Crippen LogP contribution in [-0.4, -0.2) is 6.54 Å². The maximum absolute atomic E-state index is 6.29. The summed E-state index contributed by atoms with van der Waals surface area (Å²) in [6.07, 6.45) is 0. The van der Waals surface area contributed by atoms with E-state index >= 15 is 0 Å². The van der Waals surface area contributed by atoms with E-state index in [0.717, 1.165) is 12.1 Å². The first-order chi connectivity index (χ1) is 10.0. The van der Waals surface area contributed by atoms with Crippen LogP contribution in [0.5, 0.6) is 11.5 Å². The molecule has 21 heavy (non-hydrogen) atoms. The molecule has 0 radical (unpaired) electrons. The third-order valence-corrected chi connectivity index (χ3v) is 4.20. The molecule has 2 nitrogen and oxygen atoms in total. The summed E-state index contributed by atoms with van der Waals surface area (Å²) in [5, 5.41) is 4.69. The molecule has 0 fully saturated rings. The number of hydrogen-bond acceptors (Lipinski definition) is 2. The van der Waals surface area contributed by atoms with Gasteiger partial charge in [-0.25, -0.2) is 0 Å². The number of hydrogen-bond donors (Lipinski definition) is 1. The lowest BCUT2D eigenvalue weighted by Gasteiger charge is -2.15. The molecule has 0 aliphatic heterocycles. The Morgan fingerprint density at radius 1 is 1.05 bits per heavy atom. The number of rotatable bonds is 5. The summed E-state index contributed by atoms with van der Waals surface area (Å²) in [4.78, 5) is 0. The molecule has 1 atom stereocenters. The Labute approximate surface area is 140 Å². The molecule has 0 aliphatic carbocycles. The zero-order valence-corrected chi connectivity index (χ0v) is 14.1. The average molecular weight is 345 g/mol. The van der Waals surface area contributed by atoms with Crippen LogP contribution in [0.25, 0.3) is 0 Å². The second-order valence-corrected chi connectivity index (χ2v) is 5.82. The van der Waals surface area contributed by atoms with Crippen molar-refractivity contribution in [2.45, 2.75) is 19.9 Å². The second kappa shape index (κ2) is 7.37. The van der Waals surface area contributed by atoms with Gasteiger partial charge in [-0.05, 0) is 43.3 Å². The minimum absolute atomic E-state index is 0.233. The SMILES string of the molecule is CCNC(C)c1ccc(Oc2cccc(Cl)c2Cl)c(Cl)c1. The van der Waals surface area contributed by atoms with Crippen molar-refractivity contribution in [1.82, 2.24) is 5.32 Å². The highest BCUT2D eigenvalue weighted by atomic mass is 35.5. The summed E-state index contributed by atoms with van der Waals surface area (Å²) in [7, 11) is 0. The smallest absolute Gasteiger partial charge is 0.147 e. The van der Waals surface area contributed by atoms with Gasteiger partial charge in [-0.1, -0.05) is 53.9 Å². The fourth-order valence-electron chi connectivity index (χ4n) is 1.97. The maximum Gasteiger partial charge on any atom is 0.147 e. The summed E-state index contributed by atoms with van der Waals surface area (Å²) in [6.45, 7) is 5.05. The molecule has 2 aromatic carbocycles. The molecule has 0 aromatic heterocycles. The van der Waals surface area contributed by atoms with Crippen LogP contribution in [-0.2, 0) is 0 Å². The predicted octanol–water partition coefficient (Wildman–Crippen LogP) is 6.11. The van der Waals surface area contributed by atoms with E-state index in [1.54, 1.807) is 18.2 Å². The molecule has 0 saturated carbocycles. The van der Waals surface area contributed by atoms with E-state index in [2.05, 4.69) is 19.2 Å². The Balaban J connectivity index is 2.23. The summed E-state index contributed by atoms with van der Waals surface area (Å²) in [5.74, 6) is 1.03. The van der Waals surface area contributed by atoms with Crippen molar-refractivity contribution < 1.29 is 4.74 Å². The van der Waals surface area contributed by atoms with Crippen molar-refractivity contribution in [2.75, 3.05) is 6.54 Å². The van der Waals surface area contributed by atoms with Crippen molar-refractivity contribution in [3.8, 4) is 11.5 Å². The van der Waals surface area contributed by atoms with E-state index in [-0.39, 0.29) is 6.04 Å². The van der Waals surface area contributed by atoms with Gasteiger partial charge < -0.3 is 10.1 Å². The lowest BCUT2D eigenvalue weighted by Crippen LogP contribution is -2.17. The Bertz CT molecular complexity index is 631. The monoisotopic (exact) mass is 343 g/mol. The third-order valence-electron chi connectivity index (χ3n) is 3.10. The van der Waals surface area contributed by atoms with Crippen LogP contribution in [0.1, 0.15) is 25.5 Å². The number of halogens is 3. The van der Waals surface area contributed by atoms with Crippen molar-refractivity contribution in [3.05, 3.63) is 57.0 Å². The van der Waals surface area contributed by atoms with Crippen LogP contribution in [0.3, 0.4) is 0 Å². The largest absolute Gasteiger partial charge is 0.454 e. The van der Waals surface area contributed by atoms with Crippen molar-refractivity contribution >= 4 is 34.8 Å². The van der Waals surface area contributed by atoms with Crippen molar-refractivity contribution in [1.29, 1.82) is 0 Å². The van der Waals surface area contributed by atoms with Crippen molar-refractivity contribution in [3.63, 3.8) is 0 Å². The van der Waals surface area contributed by atoms with Crippen LogP contribution < -0.4 is 10.1 Å². The molecule has 0 aliphatic rings. The zero-order valence-electron chi connectivity index (χ0n) is 11.8. The van der Waals surface area contributed by atoms with Gasteiger partial charge in [-0.15, -0.1) is 0 Å². The first-order valence-electron chi connectivity index (χ1n) is 6.67. The van der Waals surface area contributed by atoms with Gasteiger partial charge in [0.25, 0.3) is 0 Å². The highest BCUT2D eigenvalue weighted by molar-refractivity contribution is 6.43. The van der Waals surface area contributed by atoms with Gasteiger partial charge in [0.2, 0.25) is 0 Å². The van der Waals surface area contributed by atoms with E-state index in [0.29, 0.717) is 26.6 Å². The molecule has 0 saturated heterocycles. The second-order valence-electron chi connectivity index (χ2n) is 4.62. The maximum atomic E-state index is 6.29. The molecule has 2 aromatic rings. The van der Waals surface area contributed by atoms with Gasteiger partial charge in [0, 0.05) is 6.04 Å². The standard InChI is InChI=1S/C16H16Cl3NO/c1-3-20-10(2)11-7-8-14(13(18)9-11)21-15-6-4-5-12(17)16(15)19/h4-10,20H,3H2,1-2H3. The summed E-state index contributed by atoms with van der Waals surface area (Å²) < 4.78 is 5.75. The number of benzene rings is 2. The molecular weight excluding hydrogens is 329 g/mol. The highest BCUT2D eigenvalue weighted by Crippen LogP contribution is 2.37. The van der Waals surface area contributed by atoms with Crippen LogP contribution in [0.2, 0.25) is 15.1 Å². The molecule has 1 unspecified atom stereocenters. The van der Waals surface area contributed by atoms with E-state index in [1.807, 2.05) is 18.2 Å². The van der Waals surface area contributed by atoms with Crippen LogP contribution in [0, 0.1) is 0 Å². The average Bonchev–Trinajstić information content (AvgIpc) is 2.46. The van der Waals surface area contributed by atoms with Gasteiger partial charge >= 0.3 is 0 Å². The summed E-state index contributed by atoms with van der Waals surface area (Å²) >= 11 is 18.4. The molecule has 0 bridgehead atoms. The Morgan fingerprint density at radius 3 is 2.48 bits per heavy atom. The van der Waals surface area contributed by atoms with Gasteiger partial charge in [0.15, 0.2) is 0 Å². The van der Waals surface area contributed by atoms with Gasteiger partial charge in [0.1, 0.15) is 16.5 Å². The lowest BCUT2D eigenvalue weighted by atomic mass is 10.1.